The zero-order chi connectivity index (χ0) is 7.40. The van der Waals surface area contributed by atoms with Crippen molar-refractivity contribution in [2.75, 3.05) is 12.3 Å². The first-order valence-electron chi connectivity index (χ1n) is 2.46. The fourth-order valence-corrected chi connectivity index (χ4v) is 1.70. The van der Waals surface area contributed by atoms with Crippen molar-refractivity contribution in [1.82, 2.24) is 0 Å². The van der Waals surface area contributed by atoms with E-state index >= 15 is 0 Å². The van der Waals surface area contributed by atoms with E-state index in [9.17, 15) is 0 Å². The standard InChI is InChI=1S/C3H5ClNO3PS/c4-8-9(6)7-3-5-1-2-10-3/h6H,1-2H2. The van der Waals surface area contributed by atoms with Crippen LogP contribution >= 0.6 is 32.2 Å². The van der Waals surface area contributed by atoms with Crippen molar-refractivity contribution in [3.05, 3.63) is 0 Å². The Morgan fingerprint density at radius 2 is 2.60 bits per heavy atom. The average Bonchev–Trinajstić information content (AvgIpc) is 2.40. The maximum atomic E-state index is 8.71. The molecular formula is C3H5ClNO3PS. The molecule has 0 bridgehead atoms. The van der Waals surface area contributed by atoms with Crippen molar-refractivity contribution in [3.63, 3.8) is 0 Å². The van der Waals surface area contributed by atoms with E-state index in [1.807, 2.05) is 0 Å². The molecule has 10 heavy (non-hydrogen) atoms. The Morgan fingerprint density at radius 3 is 3.10 bits per heavy atom. The van der Waals surface area contributed by atoms with Crippen molar-refractivity contribution in [2.45, 2.75) is 0 Å². The Bertz CT molecular complexity index is 146. The number of hydrogen-bond acceptors (Lipinski definition) is 5. The van der Waals surface area contributed by atoms with Crippen LogP contribution in [0.4, 0.5) is 0 Å². The van der Waals surface area contributed by atoms with Crippen LogP contribution in [0.2, 0.25) is 0 Å². The van der Waals surface area contributed by atoms with Gasteiger partial charge in [-0.2, -0.15) is 4.08 Å². The highest BCUT2D eigenvalue weighted by Gasteiger charge is 2.15. The molecule has 1 aliphatic rings. The third kappa shape index (κ3) is 2.60. The number of aliphatic imine (C=N–C) groups is 1. The summed E-state index contributed by atoms with van der Waals surface area (Å²) in [4.78, 5) is 12.6. The average molecular weight is 202 g/mol. The quantitative estimate of drug-likeness (QED) is 0.688. The van der Waals surface area contributed by atoms with Gasteiger partial charge in [-0.05, 0) is 0 Å². The van der Waals surface area contributed by atoms with Gasteiger partial charge in [0.25, 0.3) is 5.23 Å². The Labute approximate surface area is 68.7 Å². The fraction of sp³-hybridized carbons (Fsp3) is 0.667. The summed E-state index contributed by atoms with van der Waals surface area (Å²) >= 11 is 6.25. The molecule has 4 nitrogen and oxygen atoms in total. The van der Waals surface area contributed by atoms with Crippen molar-refractivity contribution < 1.29 is 13.5 Å². The van der Waals surface area contributed by atoms with E-state index in [1.54, 1.807) is 0 Å². The molecule has 0 aromatic heterocycles. The molecule has 1 N–H and O–H groups in total. The largest absolute Gasteiger partial charge is 0.414 e. The first-order chi connectivity index (χ1) is 4.83. The lowest BCUT2D eigenvalue weighted by Crippen LogP contribution is -1.90. The second-order valence-electron chi connectivity index (χ2n) is 1.39. The zero-order valence-electron chi connectivity index (χ0n) is 4.86. The first-order valence-corrected chi connectivity index (χ1v) is 4.88. The molecule has 0 fully saturated rings. The fourth-order valence-electron chi connectivity index (χ4n) is 0.452. The van der Waals surface area contributed by atoms with Crippen LogP contribution in [0.15, 0.2) is 4.99 Å². The normalized spacial score (nSPS) is 20.4. The predicted octanol–water partition coefficient (Wildman–Crippen LogP) is 1.50. The van der Waals surface area contributed by atoms with Crippen LogP contribution in [0.5, 0.6) is 0 Å². The minimum atomic E-state index is -1.98. The molecule has 0 aliphatic carbocycles. The molecule has 1 heterocycles. The van der Waals surface area contributed by atoms with E-state index in [2.05, 4.69) is 9.07 Å². The number of hydrogen-bond donors (Lipinski definition) is 1. The molecule has 0 amide bonds. The molecule has 1 unspecified atom stereocenters. The topological polar surface area (TPSA) is 51.0 Å². The maximum absolute atomic E-state index is 8.71. The lowest BCUT2D eigenvalue weighted by molar-refractivity contribution is 0.396. The summed E-state index contributed by atoms with van der Waals surface area (Å²) < 4.78 is 8.73. The van der Waals surface area contributed by atoms with Gasteiger partial charge in [-0.3, -0.25) is 0 Å². The highest BCUT2D eigenvalue weighted by atomic mass is 35.5. The van der Waals surface area contributed by atoms with Gasteiger partial charge < -0.3 is 9.42 Å². The van der Waals surface area contributed by atoms with E-state index in [-0.39, 0.29) is 0 Å². The van der Waals surface area contributed by atoms with Gasteiger partial charge in [0.2, 0.25) is 0 Å². The smallest absolute Gasteiger partial charge is 0.402 e. The highest BCUT2D eigenvalue weighted by Crippen LogP contribution is 2.37. The van der Waals surface area contributed by atoms with Crippen molar-refractivity contribution in [2.24, 2.45) is 4.99 Å². The van der Waals surface area contributed by atoms with E-state index < -0.39 is 8.60 Å². The third-order valence-corrected chi connectivity index (χ3v) is 2.54. The molecule has 0 aromatic rings. The highest BCUT2D eigenvalue weighted by molar-refractivity contribution is 8.14. The molecule has 1 atom stereocenters. The van der Waals surface area contributed by atoms with Gasteiger partial charge >= 0.3 is 8.60 Å². The molecule has 1 rings (SSSR count). The number of rotatable bonds is 2. The molecule has 1 aliphatic heterocycles. The number of halogens is 1. The lowest BCUT2D eigenvalue weighted by atomic mass is 10.8. The van der Waals surface area contributed by atoms with Gasteiger partial charge in [0, 0.05) is 5.75 Å². The molecule has 0 saturated heterocycles. The minimum Gasteiger partial charge on any atom is -0.402 e. The number of thioether (sulfide) groups is 1. The summed E-state index contributed by atoms with van der Waals surface area (Å²) in [6.07, 6.45) is 0. The van der Waals surface area contributed by atoms with Crippen molar-refractivity contribution in [1.29, 1.82) is 0 Å². The van der Waals surface area contributed by atoms with Gasteiger partial charge in [0.15, 0.2) is 0 Å². The van der Waals surface area contributed by atoms with Crippen LogP contribution in [0, 0.1) is 0 Å². The summed E-state index contributed by atoms with van der Waals surface area (Å²) in [7, 11) is -1.98. The SMILES string of the molecule is OP(OCl)OC1=NCCS1. The Morgan fingerprint density at radius 1 is 1.80 bits per heavy atom. The maximum Gasteiger partial charge on any atom is 0.414 e. The number of nitrogens with zero attached hydrogens (tertiary/aromatic N) is 1. The summed E-state index contributed by atoms with van der Waals surface area (Å²) in [6.45, 7) is 0.728. The van der Waals surface area contributed by atoms with Crippen LogP contribution in [-0.4, -0.2) is 22.4 Å². The van der Waals surface area contributed by atoms with Crippen molar-refractivity contribution in [3.8, 4) is 0 Å². The van der Waals surface area contributed by atoms with Crippen LogP contribution in [0.25, 0.3) is 0 Å². The van der Waals surface area contributed by atoms with Gasteiger partial charge in [0.05, 0.1) is 18.4 Å². The van der Waals surface area contributed by atoms with E-state index in [0.717, 1.165) is 12.3 Å². The second-order valence-corrected chi connectivity index (χ2v) is 3.65. The summed E-state index contributed by atoms with van der Waals surface area (Å²) in [5.41, 5.74) is 0. The Hall–Kier alpha value is 0.460. The van der Waals surface area contributed by atoms with E-state index in [0.29, 0.717) is 5.23 Å². The van der Waals surface area contributed by atoms with Gasteiger partial charge in [-0.15, -0.1) is 0 Å². The molecular weight excluding hydrogens is 197 g/mol. The van der Waals surface area contributed by atoms with Gasteiger partial charge in [0.1, 0.15) is 0 Å². The van der Waals surface area contributed by atoms with Crippen LogP contribution < -0.4 is 0 Å². The molecule has 0 saturated carbocycles. The first kappa shape index (κ1) is 8.56. The zero-order valence-corrected chi connectivity index (χ0v) is 7.33. The van der Waals surface area contributed by atoms with E-state index in [4.69, 9.17) is 21.3 Å². The van der Waals surface area contributed by atoms with Crippen LogP contribution in [-0.2, 0) is 8.60 Å². The molecule has 0 aromatic carbocycles. The minimum absolute atomic E-state index is 0.453. The van der Waals surface area contributed by atoms with Gasteiger partial charge in [-0.1, -0.05) is 11.8 Å². The lowest BCUT2D eigenvalue weighted by Gasteiger charge is -2.03. The second kappa shape index (κ2) is 4.36. The predicted molar refractivity (Wildman–Crippen MR) is 41.9 cm³/mol. The Balaban J connectivity index is 2.23. The molecule has 0 radical (unpaired) electrons. The third-order valence-electron chi connectivity index (χ3n) is 0.773. The summed E-state index contributed by atoms with van der Waals surface area (Å²) in [5.74, 6) is 0.890. The monoisotopic (exact) mass is 201 g/mol. The van der Waals surface area contributed by atoms with Crippen molar-refractivity contribution >= 4 is 37.5 Å². The Kier molecular flexibility index (Phi) is 3.73. The summed E-state index contributed by atoms with van der Waals surface area (Å²) in [5, 5.41) is 0.453. The van der Waals surface area contributed by atoms with Gasteiger partial charge in [-0.25, -0.2) is 4.99 Å². The van der Waals surface area contributed by atoms with E-state index in [1.165, 1.54) is 11.8 Å². The molecule has 7 heteroatoms. The van der Waals surface area contributed by atoms with Crippen LogP contribution in [0.3, 0.4) is 0 Å². The molecule has 58 valence electrons. The summed E-state index contributed by atoms with van der Waals surface area (Å²) in [6, 6.07) is 0. The molecule has 0 spiro atoms. The van der Waals surface area contributed by atoms with Crippen LogP contribution in [0.1, 0.15) is 0 Å².